The summed E-state index contributed by atoms with van der Waals surface area (Å²) in [6.07, 6.45) is -0.289. The second-order valence-electron chi connectivity index (χ2n) is 6.75. The second-order valence-corrected chi connectivity index (χ2v) is 7.07. The molecule has 0 aliphatic carbocycles. The van der Waals surface area contributed by atoms with Crippen molar-refractivity contribution >= 4 is 30.4 Å². The van der Waals surface area contributed by atoms with Crippen LogP contribution in [0.4, 0.5) is 10.5 Å². The molecule has 0 bridgehead atoms. The van der Waals surface area contributed by atoms with Crippen LogP contribution in [0.1, 0.15) is 24.5 Å². The van der Waals surface area contributed by atoms with E-state index in [2.05, 4.69) is 17.9 Å². The van der Waals surface area contributed by atoms with E-state index < -0.39 is 18.2 Å². The highest BCUT2D eigenvalue weighted by atomic mass is 32.1. The third kappa shape index (κ3) is 6.96. The first-order valence-electron chi connectivity index (χ1n) is 10.1. The predicted molar refractivity (Wildman–Crippen MR) is 118 cm³/mol. The molecule has 2 aromatic rings. The Labute approximate surface area is 191 Å². The minimum atomic E-state index is -0.637. The third-order valence-electron chi connectivity index (χ3n) is 4.48. The maximum absolute atomic E-state index is 12.5. The summed E-state index contributed by atoms with van der Waals surface area (Å²) in [7, 11) is 0. The number of amides is 1. The van der Waals surface area contributed by atoms with Gasteiger partial charge in [-0.25, -0.2) is 4.79 Å². The lowest BCUT2D eigenvalue weighted by Crippen LogP contribution is -2.18. The van der Waals surface area contributed by atoms with Gasteiger partial charge in [0.15, 0.2) is 11.5 Å². The van der Waals surface area contributed by atoms with Crippen LogP contribution < -0.4 is 19.5 Å². The summed E-state index contributed by atoms with van der Waals surface area (Å²) in [5.41, 5.74) is 1.26. The molecule has 1 atom stereocenters. The van der Waals surface area contributed by atoms with E-state index in [0.717, 1.165) is 5.56 Å². The zero-order valence-corrected chi connectivity index (χ0v) is 18.2. The van der Waals surface area contributed by atoms with E-state index in [0.29, 0.717) is 35.8 Å². The Kier molecular flexibility index (Phi) is 8.88. The number of aliphatic hydroxyl groups is 1. The largest absolute Gasteiger partial charge is 0.491 e. The highest BCUT2D eigenvalue weighted by Gasteiger charge is 2.19. The van der Waals surface area contributed by atoms with Crippen molar-refractivity contribution < 1.29 is 38.4 Å². The maximum Gasteiger partial charge on any atom is 0.412 e. The van der Waals surface area contributed by atoms with Crippen LogP contribution in [0.15, 0.2) is 42.5 Å². The summed E-state index contributed by atoms with van der Waals surface area (Å²) in [6, 6.07) is 12.1. The van der Waals surface area contributed by atoms with E-state index in [1.165, 1.54) is 0 Å². The van der Waals surface area contributed by atoms with Crippen LogP contribution in [-0.2, 0) is 14.3 Å². The highest BCUT2D eigenvalue weighted by molar-refractivity contribution is 7.81. The Morgan fingerprint density at radius 3 is 2.62 bits per heavy atom. The van der Waals surface area contributed by atoms with E-state index in [4.69, 9.17) is 28.8 Å². The van der Waals surface area contributed by atoms with Gasteiger partial charge in [0.1, 0.15) is 18.5 Å². The van der Waals surface area contributed by atoms with Crippen LogP contribution >= 0.6 is 12.6 Å². The lowest BCUT2D eigenvalue weighted by molar-refractivity contribution is -0.140. The molecule has 2 aromatic carbocycles. The Morgan fingerprint density at radius 2 is 1.88 bits per heavy atom. The van der Waals surface area contributed by atoms with Crippen molar-refractivity contribution in [2.45, 2.75) is 18.9 Å². The number of rotatable bonds is 11. The molecule has 1 heterocycles. The number of benzene rings is 2. The highest BCUT2D eigenvalue weighted by Crippen LogP contribution is 2.34. The third-order valence-corrected chi connectivity index (χ3v) is 4.74. The molecule has 0 saturated carbocycles. The second kappa shape index (κ2) is 12.1. The van der Waals surface area contributed by atoms with Crippen LogP contribution in [-0.4, -0.2) is 49.5 Å². The Morgan fingerprint density at radius 1 is 1.09 bits per heavy atom. The average Bonchev–Trinajstić information content (AvgIpc) is 3.27. The van der Waals surface area contributed by atoms with Crippen LogP contribution in [0.5, 0.6) is 17.2 Å². The van der Waals surface area contributed by atoms with Gasteiger partial charge in [-0.15, -0.1) is 0 Å². The summed E-state index contributed by atoms with van der Waals surface area (Å²) in [4.78, 5) is 23.8. The van der Waals surface area contributed by atoms with Gasteiger partial charge in [-0.3, -0.25) is 10.1 Å². The van der Waals surface area contributed by atoms with Crippen molar-refractivity contribution in [1.82, 2.24) is 0 Å². The minimum absolute atomic E-state index is 0.00711. The summed E-state index contributed by atoms with van der Waals surface area (Å²) < 4.78 is 26.6. The number of hydrogen-bond donors (Lipinski definition) is 3. The average molecular weight is 464 g/mol. The molecule has 172 valence electrons. The number of hydrogen-bond acceptors (Lipinski definition) is 9. The fraction of sp³-hybridized carbons (Fsp3) is 0.364. The quantitative estimate of drug-likeness (QED) is 0.264. The molecule has 0 unspecified atom stereocenters. The number of esters is 1. The zero-order valence-electron chi connectivity index (χ0n) is 17.3. The zero-order chi connectivity index (χ0) is 22.8. The first kappa shape index (κ1) is 23.6. The smallest absolute Gasteiger partial charge is 0.412 e. The van der Waals surface area contributed by atoms with E-state index in [-0.39, 0.29) is 32.4 Å². The van der Waals surface area contributed by atoms with Crippen molar-refractivity contribution in [3.8, 4) is 17.2 Å². The number of fused-ring (bicyclic) bond motifs is 1. The number of anilines is 1. The van der Waals surface area contributed by atoms with Gasteiger partial charge in [-0.1, -0.05) is 12.1 Å². The van der Waals surface area contributed by atoms with Crippen LogP contribution in [0.2, 0.25) is 0 Å². The van der Waals surface area contributed by atoms with Crippen molar-refractivity contribution in [2.24, 2.45) is 0 Å². The SMILES string of the molecule is O=C(CS)OCCC[C@@H](OC(=O)Nc1ccc2c(c1)OCO2)c1ccc(OCCO)cc1. The van der Waals surface area contributed by atoms with E-state index in [1.807, 2.05) is 0 Å². The lowest BCUT2D eigenvalue weighted by atomic mass is 10.0. The van der Waals surface area contributed by atoms with Gasteiger partial charge in [0.2, 0.25) is 6.79 Å². The van der Waals surface area contributed by atoms with E-state index >= 15 is 0 Å². The molecule has 9 nitrogen and oxygen atoms in total. The van der Waals surface area contributed by atoms with Crippen molar-refractivity contribution in [3.05, 3.63) is 48.0 Å². The van der Waals surface area contributed by atoms with Gasteiger partial charge in [-0.2, -0.15) is 12.6 Å². The molecular formula is C22H25NO8S. The molecule has 0 fully saturated rings. The maximum atomic E-state index is 12.5. The Hall–Kier alpha value is -3.11. The molecular weight excluding hydrogens is 438 g/mol. The van der Waals surface area contributed by atoms with E-state index in [9.17, 15) is 9.59 Å². The monoisotopic (exact) mass is 463 g/mol. The van der Waals surface area contributed by atoms with Crippen molar-refractivity contribution in [2.75, 3.05) is 37.7 Å². The molecule has 0 radical (unpaired) electrons. The Bertz CT molecular complexity index is 905. The standard InChI is InChI=1S/C22H25NO8S/c24-9-11-27-17-6-3-15(4-7-17)18(2-1-10-28-21(25)13-32)31-22(26)23-16-5-8-19-20(12-16)30-14-29-19/h3-8,12,18,24,32H,1-2,9-11,13-14H2,(H,23,26)/t18-/m1/s1. The lowest BCUT2D eigenvalue weighted by Gasteiger charge is -2.19. The summed E-state index contributed by atoms with van der Waals surface area (Å²) >= 11 is 3.87. The van der Waals surface area contributed by atoms with Gasteiger partial charge < -0.3 is 28.8 Å². The number of carbonyl (C=O) groups excluding carboxylic acids is 2. The summed E-state index contributed by atoms with van der Waals surface area (Å²) in [5, 5.41) is 11.6. The Balaban J connectivity index is 1.62. The van der Waals surface area contributed by atoms with Crippen LogP contribution in [0.25, 0.3) is 0 Å². The van der Waals surface area contributed by atoms with Crippen LogP contribution in [0, 0.1) is 0 Å². The molecule has 0 aromatic heterocycles. The number of carbonyl (C=O) groups is 2. The van der Waals surface area contributed by atoms with Gasteiger partial charge in [-0.05, 0) is 42.7 Å². The molecule has 1 aliphatic rings. The van der Waals surface area contributed by atoms with Crippen molar-refractivity contribution in [1.29, 1.82) is 0 Å². The molecule has 0 spiro atoms. The minimum Gasteiger partial charge on any atom is -0.491 e. The predicted octanol–water partition coefficient (Wildman–Crippen LogP) is 3.33. The summed E-state index contributed by atoms with van der Waals surface area (Å²) in [5.74, 6) is 1.35. The fourth-order valence-electron chi connectivity index (χ4n) is 2.99. The molecule has 0 saturated heterocycles. The topological polar surface area (TPSA) is 113 Å². The molecule has 3 rings (SSSR count). The van der Waals surface area contributed by atoms with Gasteiger partial charge >= 0.3 is 12.1 Å². The first-order valence-corrected chi connectivity index (χ1v) is 10.7. The first-order chi connectivity index (χ1) is 15.6. The van der Waals surface area contributed by atoms with Gasteiger partial charge in [0.25, 0.3) is 0 Å². The molecule has 1 aliphatic heterocycles. The molecule has 1 amide bonds. The van der Waals surface area contributed by atoms with Gasteiger partial charge in [0, 0.05) is 11.8 Å². The van der Waals surface area contributed by atoms with E-state index in [1.54, 1.807) is 42.5 Å². The van der Waals surface area contributed by atoms with Crippen molar-refractivity contribution in [3.63, 3.8) is 0 Å². The number of aliphatic hydroxyl groups excluding tert-OH is 1. The fourth-order valence-corrected chi connectivity index (χ4v) is 3.08. The molecule has 10 heteroatoms. The molecule has 2 N–H and O–H groups in total. The summed E-state index contributed by atoms with van der Waals surface area (Å²) in [6.45, 7) is 0.439. The normalized spacial score (nSPS) is 12.7. The van der Waals surface area contributed by atoms with Crippen LogP contribution in [0.3, 0.4) is 0 Å². The number of nitrogens with one attached hydrogen (secondary N) is 1. The number of ether oxygens (including phenoxy) is 5. The van der Waals surface area contributed by atoms with Gasteiger partial charge in [0.05, 0.1) is 19.0 Å². The number of thiol groups is 1. The molecule has 32 heavy (non-hydrogen) atoms.